The van der Waals surface area contributed by atoms with Gasteiger partial charge in [0.15, 0.2) is 0 Å². The highest BCUT2D eigenvalue weighted by atomic mass is 32.2. The summed E-state index contributed by atoms with van der Waals surface area (Å²) in [6.07, 6.45) is -2.97. The quantitative estimate of drug-likeness (QED) is 0.255. The molecule has 12 heteroatoms. The zero-order valence-electron chi connectivity index (χ0n) is 15.1. The van der Waals surface area contributed by atoms with Crippen LogP contribution in [-0.2, 0) is 11.0 Å². The van der Waals surface area contributed by atoms with Gasteiger partial charge in [0.2, 0.25) is 17.0 Å². The van der Waals surface area contributed by atoms with E-state index in [0.717, 1.165) is 29.5 Å². The van der Waals surface area contributed by atoms with Gasteiger partial charge >= 0.3 is 6.18 Å². The molecule has 8 nitrogen and oxygen atoms in total. The van der Waals surface area contributed by atoms with Gasteiger partial charge in [-0.3, -0.25) is 4.79 Å². The van der Waals surface area contributed by atoms with Crippen LogP contribution in [0.15, 0.2) is 58.8 Å². The average molecular weight is 436 g/mol. The standard InChI is InChI=1S/C18H15F3N6O2S/c19-18(20,21)12-2-1-3-13(8-12)23-15(29)10-30-17-24-16(26-27-17)25-22-9-11-4-6-14(28)7-5-11/h1-9,28H,10H2,(H,23,29)(H2,24,25,26,27)/b22-9-. The molecule has 0 saturated carbocycles. The third-order valence-corrected chi connectivity index (χ3v) is 4.40. The number of hydrogen-bond donors (Lipinski definition) is 4. The van der Waals surface area contributed by atoms with Crippen molar-refractivity contribution in [2.24, 2.45) is 5.10 Å². The van der Waals surface area contributed by atoms with Crippen LogP contribution in [0.2, 0.25) is 0 Å². The first-order valence-corrected chi connectivity index (χ1v) is 9.38. The van der Waals surface area contributed by atoms with Crippen LogP contribution in [0.1, 0.15) is 11.1 Å². The molecule has 1 heterocycles. The van der Waals surface area contributed by atoms with Crippen LogP contribution >= 0.6 is 11.8 Å². The summed E-state index contributed by atoms with van der Waals surface area (Å²) in [7, 11) is 0. The molecule has 0 aliphatic carbocycles. The van der Waals surface area contributed by atoms with E-state index in [2.05, 4.69) is 31.0 Å². The number of aromatic nitrogens is 3. The highest BCUT2D eigenvalue weighted by Crippen LogP contribution is 2.30. The highest BCUT2D eigenvalue weighted by molar-refractivity contribution is 7.99. The number of aromatic hydroxyl groups is 1. The molecule has 0 aliphatic heterocycles. The molecule has 0 unspecified atom stereocenters. The number of nitrogens with one attached hydrogen (secondary N) is 3. The largest absolute Gasteiger partial charge is 0.508 e. The molecular weight excluding hydrogens is 421 g/mol. The lowest BCUT2D eigenvalue weighted by molar-refractivity contribution is -0.137. The van der Waals surface area contributed by atoms with Crippen LogP contribution in [0.3, 0.4) is 0 Å². The number of halogens is 3. The molecule has 0 spiro atoms. The van der Waals surface area contributed by atoms with Crippen LogP contribution in [0.4, 0.5) is 24.8 Å². The lowest BCUT2D eigenvalue weighted by atomic mass is 10.2. The number of amides is 1. The number of alkyl halides is 3. The summed E-state index contributed by atoms with van der Waals surface area (Å²) in [5.74, 6) is -0.200. The Hall–Kier alpha value is -3.54. The zero-order valence-corrected chi connectivity index (χ0v) is 16.0. The molecule has 2 aromatic carbocycles. The van der Waals surface area contributed by atoms with Crippen LogP contribution < -0.4 is 10.7 Å². The second-order valence-electron chi connectivity index (χ2n) is 5.84. The van der Waals surface area contributed by atoms with Crippen molar-refractivity contribution in [1.29, 1.82) is 0 Å². The number of hydrogen-bond acceptors (Lipinski definition) is 7. The topological polar surface area (TPSA) is 115 Å². The maximum absolute atomic E-state index is 12.7. The van der Waals surface area contributed by atoms with Gasteiger partial charge in [0.25, 0.3) is 0 Å². The number of carbonyl (C=O) groups excluding carboxylic acids is 1. The summed E-state index contributed by atoms with van der Waals surface area (Å²) in [4.78, 5) is 16.1. The number of anilines is 2. The number of hydrazone groups is 1. The number of carbonyl (C=O) groups is 1. The summed E-state index contributed by atoms with van der Waals surface area (Å²) >= 11 is 1.00. The van der Waals surface area contributed by atoms with Crippen LogP contribution in [0.25, 0.3) is 0 Å². The minimum Gasteiger partial charge on any atom is -0.508 e. The monoisotopic (exact) mass is 436 g/mol. The van der Waals surface area contributed by atoms with Crippen molar-refractivity contribution in [1.82, 2.24) is 15.2 Å². The summed E-state index contributed by atoms with van der Waals surface area (Å²) in [5.41, 5.74) is 2.59. The molecule has 0 aliphatic rings. The SMILES string of the molecule is O=C(CSc1n[nH]c(N/N=C\c2ccc(O)cc2)n1)Nc1cccc(C(F)(F)F)c1. The number of thioether (sulfide) groups is 1. The Morgan fingerprint density at radius 3 is 2.73 bits per heavy atom. The normalized spacial score (nSPS) is 11.6. The number of phenolic OH excluding ortho intramolecular Hbond substituents is 1. The Labute approximate surface area is 172 Å². The molecule has 156 valence electrons. The maximum Gasteiger partial charge on any atom is 0.416 e. The Kier molecular flexibility index (Phi) is 6.57. The first kappa shape index (κ1) is 21.2. The minimum absolute atomic E-state index is 0.0522. The number of phenols is 1. The fourth-order valence-electron chi connectivity index (χ4n) is 2.19. The first-order chi connectivity index (χ1) is 14.3. The Morgan fingerprint density at radius 2 is 2.00 bits per heavy atom. The molecule has 30 heavy (non-hydrogen) atoms. The summed E-state index contributed by atoms with van der Waals surface area (Å²) in [5, 5.41) is 22.4. The molecule has 3 rings (SSSR count). The number of rotatable bonds is 7. The van der Waals surface area contributed by atoms with Crippen LogP contribution in [0, 0.1) is 0 Å². The van der Waals surface area contributed by atoms with Gasteiger partial charge in [-0.15, -0.1) is 5.10 Å². The Morgan fingerprint density at radius 1 is 1.23 bits per heavy atom. The molecule has 0 bridgehead atoms. The molecule has 1 aromatic heterocycles. The fourth-order valence-corrected chi connectivity index (χ4v) is 2.79. The third-order valence-electron chi connectivity index (χ3n) is 3.55. The van der Waals surface area contributed by atoms with Gasteiger partial charge in [-0.2, -0.15) is 23.3 Å². The third kappa shape index (κ3) is 6.24. The second-order valence-corrected chi connectivity index (χ2v) is 6.79. The number of nitrogens with zero attached hydrogens (tertiary/aromatic N) is 3. The summed E-state index contributed by atoms with van der Waals surface area (Å²) in [6.45, 7) is 0. The maximum atomic E-state index is 12.7. The molecule has 3 aromatic rings. The van der Waals surface area contributed by atoms with Crippen LogP contribution in [0.5, 0.6) is 5.75 Å². The zero-order chi connectivity index (χ0) is 21.6. The van der Waals surface area contributed by atoms with Crippen molar-refractivity contribution in [3.8, 4) is 5.75 Å². The molecule has 0 saturated heterocycles. The van der Waals surface area contributed by atoms with E-state index in [4.69, 9.17) is 0 Å². The van der Waals surface area contributed by atoms with Gasteiger partial charge < -0.3 is 10.4 Å². The van der Waals surface area contributed by atoms with Crippen molar-refractivity contribution >= 4 is 35.5 Å². The smallest absolute Gasteiger partial charge is 0.416 e. The van der Waals surface area contributed by atoms with Gasteiger partial charge in [0.05, 0.1) is 17.5 Å². The van der Waals surface area contributed by atoms with Gasteiger partial charge in [0, 0.05) is 5.69 Å². The molecular formula is C18H15F3N6O2S. The van der Waals surface area contributed by atoms with E-state index < -0.39 is 17.6 Å². The second kappa shape index (κ2) is 9.31. The minimum atomic E-state index is -4.48. The molecule has 1 amide bonds. The van der Waals surface area contributed by atoms with E-state index in [9.17, 15) is 23.1 Å². The van der Waals surface area contributed by atoms with Crippen molar-refractivity contribution in [2.75, 3.05) is 16.5 Å². The van der Waals surface area contributed by atoms with E-state index in [0.29, 0.717) is 0 Å². The number of aromatic amines is 1. The van der Waals surface area contributed by atoms with Crippen molar-refractivity contribution in [2.45, 2.75) is 11.3 Å². The first-order valence-electron chi connectivity index (χ1n) is 8.40. The summed E-state index contributed by atoms with van der Waals surface area (Å²) < 4.78 is 38.1. The van der Waals surface area contributed by atoms with Gasteiger partial charge in [-0.05, 0) is 48.0 Å². The highest BCUT2D eigenvalue weighted by Gasteiger charge is 2.30. The number of benzene rings is 2. The summed E-state index contributed by atoms with van der Waals surface area (Å²) in [6, 6.07) is 10.8. The Balaban J connectivity index is 1.48. The lowest BCUT2D eigenvalue weighted by Gasteiger charge is -2.09. The average Bonchev–Trinajstić information content (AvgIpc) is 3.15. The molecule has 0 radical (unpaired) electrons. The van der Waals surface area contributed by atoms with Crippen molar-refractivity contribution in [3.05, 3.63) is 59.7 Å². The molecule has 0 atom stereocenters. The fraction of sp³-hybridized carbons (Fsp3) is 0.111. The lowest BCUT2D eigenvalue weighted by Crippen LogP contribution is -2.15. The van der Waals surface area contributed by atoms with E-state index in [1.165, 1.54) is 30.5 Å². The van der Waals surface area contributed by atoms with Crippen molar-refractivity contribution in [3.63, 3.8) is 0 Å². The van der Waals surface area contributed by atoms with E-state index >= 15 is 0 Å². The predicted octanol–water partition coefficient (Wildman–Crippen LogP) is 3.71. The molecule has 4 N–H and O–H groups in total. The van der Waals surface area contributed by atoms with Gasteiger partial charge in [-0.25, -0.2) is 10.5 Å². The van der Waals surface area contributed by atoms with Gasteiger partial charge in [-0.1, -0.05) is 17.8 Å². The van der Waals surface area contributed by atoms with Crippen LogP contribution in [-0.4, -0.2) is 38.2 Å². The Bertz CT molecular complexity index is 1040. The van der Waals surface area contributed by atoms with E-state index in [-0.39, 0.29) is 28.3 Å². The van der Waals surface area contributed by atoms with Crippen molar-refractivity contribution < 1.29 is 23.1 Å². The predicted molar refractivity (Wildman–Crippen MR) is 107 cm³/mol. The molecule has 0 fully saturated rings. The number of H-pyrrole nitrogens is 1. The van der Waals surface area contributed by atoms with E-state index in [1.807, 2.05) is 0 Å². The van der Waals surface area contributed by atoms with E-state index in [1.54, 1.807) is 12.1 Å². The van der Waals surface area contributed by atoms with Gasteiger partial charge in [0.1, 0.15) is 5.75 Å².